The van der Waals surface area contributed by atoms with E-state index in [9.17, 15) is 13.2 Å². The van der Waals surface area contributed by atoms with Crippen molar-refractivity contribution in [3.63, 3.8) is 0 Å². The fraction of sp³-hybridized carbons (Fsp3) is 0.529. The van der Waals surface area contributed by atoms with Crippen LogP contribution in [0.5, 0.6) is 0 Å². The molecule has 0 aliphatic heterocycles. The lowest BCUT2D eigenvalue weighted by Crippen LogP contribution is -2.43. The van der Waals surface area contributed by atoms with Crippen LogP contribution in [0.3, 0.4) is 0 Å². The number of nitrogens with zero attached hydrogens (tertiary/aromatic N) is 1. The molecule has 0 bridgehead atoms. The first-order chi connectivity index (χ1) is 11.8. The summed E-state index contributed by atoms with van der Waals surface area (Å²) in [5, 5.41) is 9.03. The summed E-state index contributed by atoms with van der Waals surface area (Å²) in [6, 6.07) is 9.69. The first-order valence-electron chi connectivity index (χ1n) is 8.25. The summed E-state index contributed by atoms with van der Waals surface area (Å²) in [6.45, 7) is 2.85. The third-order valence-electron chi connectivity index (χ3n) is 3.51. The number of hydrogen-bond donors (Lipinski definition) is 3. The molecule has 0 saturated heterocycles. The van der Waals surface area contributed by atoms with Gasteiger partial charge in [-0.25, -0.2) is 8.42 Å². The molecule has 0 heterocycles. The van der Waals surface area contributed by atoms with Crippen LogP contribution < -0.4 is 16.0 Å². The summed E-state index contributed by atoms with van der Waals surface area (Å²) >= 11 is 0. The molecule has 0 spiro atoms. The monoisotopic (exact) mass is 368 g/mol. The molecule has 0 radical (unpaired) electrons. The maximum Gasteiger partial charge on any atom is 0.222 e. The molecule has 8 heteroatoms. The molecule has 0 aliphatic rings. The Morgan fingerprint density at radius 1 is 1.20 bits per heavy atom. The second kappa shape index (κ2) is 10.7. The molecule has 7 nitrogen and oxygen atoms in total. The summed E-state index contributed by atoms with van der Waals surface area (Å²) in [7, 11) is -1.34. The van der Waals surface area contributed by atoms with Gasteiger partial charge in [0.2, 0.25) is 5.91 Å². The Morgan fingerprint density at radius 2 is 1.88 bits per heavy atom. The number of guanidine groups is 1. The van der Waals surface area contributed by atoms with Crippen LogP contribution in [0.1, 0.15) is 25.3 Å². The van der Waals surface area contributed by atoms with Crippen molar-refractivity contribution < 1.29 is 13.2 Å². The minimum absolute atomic E-state index is 0.0344. The molecule has 0 saturated carbocycles. The number of rotatable bonds is 9. The maximum absolute atomic E-state index is 11.8. The van der Waals surface area contributed by atoms with E-state index in [-0.39, 0.29) is 17.7 Å². The van der Waals surface area contributed by atoms with Crippen LogP contribution in [-0.2, 0) is 21.2 Å². The molecule has 0 aromatic heterocycles. The van der Waals surface area contributed by atoms with Gasteiger partial charge in [0.15, 0.2) is 5.96 Å². The zero-order chi connectivity index (χ0) is 18.7. The summed E-state index contributed by atoms with van der Waals surface area (Å²) < 4.78 is 22.4. The lowest BCUT2D eigenvalue weighted by Gasteiger charge is -2.17. The van der Waals surface area contributed by atoms with Crippen LogP contribution in [0, 0.1) is 0 Å². The van der Waals surface area contributed by atoms with Gasteiger partial charge in [-0.1, -0.05) is 30.3 Å². The number of nitrogens with one attached hydrogen (secondary N) is 3. The largest absolute Gasteiger partial charge is 0.356 e. The van der Waals surface area contributed by atoms with Crippen molar-refractivity contribution in [3.8, 4) is 0 Å². The molecule has 1 unspecified atom stereocenters. The van der Waals surface area contributed by atoms with Crippen LogP contribution in [0.25, 0.3) is 0 Å². The van der Waals surface area contributed by atoms with Crippen LogP contribution in [0.15, 0.2) is 35.3 Å². The fourth-order valence-electron chi connectivity index (χ4n) is 2.07. The van der Waals surface area contributed by atoms with Gasteiger partial charge in [-0.2, -0.15) is 0 Å². The van der Waals surface area contributed by atoms with Crippen LogP contribution in [0.4, 0.5) is 0 Å². The lowest BCUT2D eigenvalue weighted by molar-refractivity contribution is -0.121. The van der Waals surface area contributed by atoms with E-state index in [1.165, 1.54) is 6.26 Å². The van der Waals surface area contributed by atoms with Gasteiger partial charge in [0.25, 0.3) is 0 Å². The van der Waals surface area contributed by atoms with Crippen molar-refractivity contribution >= 4 is 21.7 Å². The van der Waals surface area contributed by atoms with Crippen molar-refractivity contribution in [2.24, 2.45) is 4.99 Å². The lowest BCUT2D eigenvalue weighted by atomic mass is 10.2. The van der Waals surface area contributed by atoms with Crippen LogP contribution in [0.2, 0.25) is 0 Å². The zero-order valence-electron chi connectivity index (χ0n) is 15.1. The standard InChI is InChI=1S/C17H28N4O3S/c1-14(10-12-25(3,23)24)21-17(18-2)19-11-9-16(22)20-13-15-7-5-4-6-8-15/h4-8,14H,9-13H2,1-3H3,(H,20,22)(H2,18,19,21). The maximum atomic E-state index is 11.8. The molecule has 0 aliphatic carbocycles. The van der Waals surface area contributed by atoms with E-state index in [1.54, 1.807) is 7.05 Å². The quantitative estimate of drug-likeness (QED) is 0.440. The van der Waals surface area contributed by atoms with Crippen molar-refractivity contribution in [1.29, 1.82) is 0 Å². The molecule has 1 amide bonds. The van der Waals surface area contributed by atoms with Crippen molar-refractivity contribution in [2.45, 2.75) is 32.4 Å². The second-order valence-corrected chi connectivity index (χ2v) is 8.24. The van der Waals surface area contributed by atoms with Gasteiger partial charge in [-0.05, 0) is 18.9 Å². The van der Waals surface area contributed by atoms with E-state index in [2.05, 4.69) is 20.9 Å². The van der Waals surface area contributed by atoms with Crippen molar-refractivity contribution in [3.05, 3.63) is 35.9 Å². The Labute approximate surface area is 150 Å². The zero-order valence-corrected chi connectivity index (χ0v) is 15.9. The topological polar surface area (TPSA) is 99.7 Å². The number of sulfone groups is 1. The highest BCUT2D eigenvalue weighted by molar-refractivity contribution is 7.90. The van der Waals surface area contributed by atoms with Gasteiger partial charge in [0.05, 0.1) is 5.75 Å². The number of hydrogen-bond acceptors (Lipinski definition) is 4. The van der Waals surface area contributed by atoms with Gasteiger partial charge in [0, 0.05) is 38.9 Å². The SMILES string of the molecule is CN=C(NCCC(=O)NCc1ccccc1)NC(C)CCS(C)(=O)=O. The summed E-state index contributed by atoms with van der Waals surface area (Å²) in [6.07, 6.45) is 2.04. The fourth-order valence-corrected chi connectivity index (χ4v) is 2.85. The highest BCUT2D eigenvalue weighted by atomic mass is 32.2. The Hall–Kier alpha value is -2.09. The average Bonchev–Trinajstić information content (AvgIpc) is 2.57. The Balaban J connectivity index is 2.24. The molecule has 3 N–H and O–H groups in total. The van der Waals surface area contributed by atoms with Gasteiger partial charge in [-0.15, -0.1) is 0 Å². The summed E-state index contributed by atoms with van der Waals surface area (Å²) in [4.78, 5) is 15.9. The van der Waals surface area contributed by atoms with Crippen molar-refractivity contribution in [2.75, 3.05) is 25.6 Å². The smallest absolute Gasteiger partial charge is 0.222 e. The molecule has 1 aromatic carbocycles. The Morgan fingerprint density at radius 3 is 2.48 bits per heavy atom. The third-order valence-corrected chi connectivity index (χ3v) is 4.48. The highest BCUT2D eigenvalue weighted by Gasteiger charge is 2.09. The van der Waals surface area contributed by atoms with Crippen molar-refractivity contribution in [1.82, 2.24) is 16.0 Å². The number of amides is 1. The third kappa shape index (κ3) is 10.4. The molecule has 25 heavy (non-hydrogen) atoms. The van der Waals surface area contributed by atoms with E-state index in [1.807, 2.05) is 37.3 Å². The summed E-state index contributed by atoms with van der Waals surface area (Å²) in [5.41, 5.74) is 1.06. The number of benzene rings is 1. The molecule has 1 aromatic rings. The molecule has 1 atom stereocenters. The number of carbonyl (C=O) groups is 1. The first kappa shape index (κ1) is 21.0. The summed E-state index contributed by atoms with van der Waals surface area (Å²) in [5.74, 6) is 0.633. The van der Waals surface area contributed by atoms with Crippen LogP contribution in [-0.4, -0.2) is 51.9 Å². The minimum atomic E-state index is -2.97. The molecular weight excluding hydrogens is 340 g/mol. The highest BCUT2D eigenvalue weighted by Crippen LogP contribution is 1.97. The van der Waals surface area contributed by atoms with Gasteiger partial charge < -0.3 is 16.0 Å². The van der Waals surface area contributed by atoms with Crippen LogP contribution >= 0.6 is 0 Å². The first-order valence-corrected chi connectivity index (χ1v) is 10.3. The van der Waals surface area contributed by atoms with E-state index < -0.39 is 9.84 Å². The second-order valence-electron chi connectivity index (χ2n) is 5.98. The average molecular weight is 369 g/mol. The normalized spacial score (nSPS) is 13.2. The molecule has 1 rings (SSSR count). The van der Waals surface area contributed by atoms with E-state index in [0.717, 1.165) is 5.56 Å². The van der Waals surface area contributed by atoms with E-state index >= 15 is 0 Å². The Bertz CT molecular complexity index is 660. The Kier molecular flexibility index (Phi) is 8.98. The predicted molar refractivity (Wildman–Crippen MR) is 101 cm³/mol. The molecule has 140 valence electrons. The number of aliphatic imine (C=N–C) groups is 1. The van der Waals surface area contributed by atoms with Gasteiger partial charge >= 0.3 is 0 Å². The molecular formula is C17H28N4O3S. The minimum Gasteiger partial charge on any atom is -0.356 e. The van der Waals surface area contributed by atoms with E-state index in [4.69, 9.17) is 0 Å². The number of carbonyl (C=O) groups excluding carboxylic acids is 1. The van der Waals surface area contributed by atoms with E-state index in [0.29, 0.717) is 31.9 Å². The predicted octanol–water partition coefficient (Wildman–Crippen LogP) is 0.681. The van der Waals surface area contributed by atoms with Gasteiger partial charge in [0.1, 0.15) is 9.84 Å². The molecule has 0 fully saturated rings. The van der Waals surface area contributed by atoms with Gasteiger partial charge in [-0.3, -0.25) is 9.79 Å².